The predicted octanol–water partition coefficient (Wildman–Crippen LogP) is 6.46. The number of fused-ring (bicyclic) bond motifs is 2. The molecular formula is C28H22O3. The summed E-state index contributed by atoms with van der Waals surface area (Å²) in [6.07, 6.45) is -0.858. The molecule has 0 radical (unpaired) electrons. The molecule has 1 atom stereocenters. The van der Waals surface area contributed by atoms with Gasteiger partial charge in [-0.1, -0.05) is 78.9 Å². The number of hydrogen-bond donors (Lipinski definition) is 2. The van der Waals surface area contributed by atoms with E-state index in [2.05, 4.69) is 0 Å². The molecule has 0 bridgehead atoms. The minimum atomic E-state index is -0.858. The van der Waals surface area contributed by atoms with Gasteiger partial charge in [0.05, 0.1) is 7.11 Å². The predicted molar refractivity (Wildman–Crippen MR) is 126 cm³/mol. The van der Waals surface area contributed by atoms with E-state index < -0.39 is 6.10 Å². The summed E-state index contributed by atoms with van der Waals surface area (Å²) in [5, 5.41) is 26.4. The normalized spacial score (nSPS) is 12.2. The quantitative estimate of drug-likeness (QED) is 0.360. The molecule has 0 saturated heterocycles. The number of aliphatic hydroxyl groups is 1. The number of aromatic hydroxyl groups is 1. The van der Waals surface area contributed by atoms with Gasteiger partial charge in [-0.2, -0.15) is 0 Å². The fraction of sp³-hybridized carbons (Fsp3) is 0.0714. The number of aliphatic hydroxyl groups excluding tert-OH is 1. The molecule has 0 saturated carbocycles. The van der Waals surface area contributed by atoms with Crippen LogP contribution in [0.3, 0.4) is 0 Å². The molecule has 5 aromatic carbocycles. The van der Waals surface area contributed by atoms with Crippen LogP contribution in [0.25, 0.3) is 32.7 Å². The lowest BCUT2D eigenvalue weighted by molar-refractivity contribution is 0.221. The number of hydrogen-bond acceptors (Lipinski definition) is 3. The third kappa shape index (κ3) is 3.29. The highest BCUT2D eigenvalue weighted by Gasteiger charge is 2.21. The fourth-order valence-electron chi connectivity index (χ4n) is 4.28. The molecular weight excluding hydrogens is 384 g/mol. The Morgan fingerprint density at radius 1 is 0.645 bits per heavy atom. The monoisotopic (exact) mass is 406 g/mol. The highest BCUT2D eigenvalue weighted by Crippen LogP contribution is 2.44. The Morgan fingerprint density at radius 2 is 1.23 bits per heavy atom. The van der Waals surface area contributed by atoms with E-state index in [1.165, 1.54) is 0 Å². The number of benzene rings is 5. The molecule has 1 unspecified atom stereocenters. The van der Waals surface area contributed by atoms with Crippen LogP contribution in [0.1, 0.15) is 17.2 Å². The molecule has 0 heterocycles. The van der Waals surface area contributed by atoms with Crippen molar-refractivity contribution >= 4 is 21.5 Å². The molecule has 5 rings (SSSR count). The van der Waals surface area contributed by atoms with Gasteiger partial charge in [-0.15, -0.1) is 0 Å². The molecule has 0 spiro atoms. The van der Waals surface area contributed by atoms with Crippen LogP contribution in [0.5, 0.6) is 11.5 Å². The van der Waals surface area contributed by atoms with E-state index in [-0.39, 0.29) is 5.75 Å². The first-order chi connectivity index (χ1) is 15.2. The van der Waals surface area contributed by atoms with Gasteiger partial charge >= 0.3 is 0 Å². The van der Waals surface area contributed by atoms with Gasteiger partial charge in [0.1, 0.15) is 17.6 Å². The first-order valence-corrected chi connectivity index (χ1v) is 10.2. The molecule has 0 amide bonds. The summed E-state index contributed by atoms with van der Waals surface area (Å²) in [6, 6.07) is 31.1. The van der Waals surface area contributed by atoms with Crippen molar-refractivity contribution in [2.75, 3.05) is 7.11 Å². The zero-order valence-electron chi connectivity index (χ0n) is 17.1. The highest BCUT2D eigenvalue weighted by atomic mass is 16.5. The summed E-state index contributed by atoms with van der Waals surface area (Å²) in [6.45, 7) is 0. The van der Waals surface area contributed by atoms with E-state index >= 15 is 0 Å². The largest absolute Gasteiger partial charge is 0.507 e. The van der Waals surface area contributed by atoms with E-state index in [9.17, 15) is 10.2 Å². The van der Waals surface area contributed by atoms with Gasteiger partial charge in [-0.25, -0.2) is 0 Å². The van der Waals surface area contributed by atoms with Crippen molar-refractivity contribution in [2.24, 2.45) is 0 Å². The van der Waals surface area contributed by atoms with Gasteiger partial charge in [0.25, 0.3) is 0 Å². The molecule has 152 valence electrons. The Labute approximate surface area is 180 Å². The molecule has 5 aromatic rings. The van der Waals surface area contributed by atoms with Crippen LogP contribution >= 0.6 is 0 Å². The SMILES string of the molecule is COc1ccc(C(O)c2ccc3ccccc3c2-c2c(O)ccc3ccccc23)cc1. The van der Waals surface area contributed by atoms with E-state index in [0.717, 1.165) is 49.5 Å². The molecule has 0 aliphatic heterocycles. The van der Waals surface area contributed by atoms with Crippen LogP contribution < -0.4 is 4.74 Å². The van der Waals surface area contributed by atoms with Crippen LogP contribution in [-0.4, -0.2) is 17.3 Å². The van der Waals surface area contributed by atoms with Crippen molar-refractivity contribution in [3.63, 3.8) is 0 Å². The van der Waals surface area contributed by atoms with E-state index in [4.69, 9.17) is 4.74 Å². The first-order valence-electron chi connectivity index (χ1n) is 10.2. The van der Waals surface area contributed by atoms with Gasteiger partial charge in [-0.3, -0.25) is 0 Å². The second-order valence-electron chi connectivity index (χ2n) is 7.61. The Hall–Kier alpha value is -3.82. The standard InChI is InChI=1S/C28H22O3/c1-31-21-14-10-20(11-15-21)28(30)24-16-12-18-6-2-4-8-22(18)26(24)27-23-9-5-3-7-19(23)13-17-25(27)29/h2-17,28-30H,1H3. The van der Waals surface area contributed by atoms with E-state index in [0.29, 0.717) is 0 Å². The number of phenolic OH excluding ortho intramolecular Hbond substituents is 1. The molecule has 0 aromatic heterocycles. The van der Waals surface area contributed by atoms with Crippen LogP contribution in [0.4, 0.5) is 0 Å². The molecule has 0 aliphatic carbocycles. The Balaban J connectivity index is 1.82. The van der Waals surface area contributed by atoms with E-state index in [1.807, 2.05) is 91.0 Å². The zero-order chi connectivity index (χ0) is 21.4. The van der Waals surface area contributed by atoms with Crippen LogP contribution in [0, 0.1) is 0 Å². The topological polar surface area (TPSA) is 49.7 Å². The number of methoxy groups -OCH3 is 1. The van der Waals surface area contributed by atoms with Gasteiger partial charge < -0.3 is 14.9 Å². The summed E-state index contributed by atoms with van der Waals surface area (Å²) >= 11 is 0. The lowest BCUT2D eigenvalue weighted by Crippen LogP contribution is -2.03. The number of rotatable bonds is 4. The van der Waals surface area contributed by atoms with Crippen molar-refractivity contribution in [2.45, 2.75) is 6.10 Å². The van der Waals surface area contributed by atoms with Gasteiger partial charge in [-0.05, 0) is 56.4 Å². The highest BCUT2D eigenvalue weighted by molar-refractivity contribution is 6.08. The van der Waals surface area contributed by atoms with Gasteiger partial charge in [0.2, 0.25) is 0 Å². The summed E-state index contributed by atoms with van der Waals surface area (Å²) in [7, 11) is 1.62. The number of ether oxygens (including phenoxy) is 1. The third-order valence-corrected chi connectivity index (χ3v) is 5.84. The van der Waals surface area contributed by atoms with Crippen molar-refractivity contribution in [3.8, 4) is 22.6 Å². The molecule has 3 heteroatoms. The summed E-state index contributed by atoms with van der Waals surface area (Å²) in [4.78, 5) is 0. The maximum atomic E-state index is 11.4. The van der Waals surface area contributed by atoms with Gasteiger partial charge in [0.15, 0.2) is 0 Å². The molecule has 2 N–H and O–H groups in total. The number of phenols is 1. The van der Waals surface area contributed by atoms with Crippen molar-refractivity contribution in [3.05, 3.63) is 108 Å². The Morgan fingerprint density at radius 3 is 1.87 bits per heavy atom. The van der Waals surface area contributed by atoms with Crippen LogP contribution in [0.2, 0.25) is 0 Å². The minimum absolute atomic E-state index is 0.193. The van der Waals surface area contributed by atoms with Crippen molar-refractivity contribution < 1.29 is 14.9 Å². The lowest BCUT2D eigenvalue weighted by Gasteiger charge is -2.21. The maximum Gasteiger partial charge on any atom is 0.124 e. The Bertz CT molecular complexity index is 1390. The van der Waals surface area contributed by atoms with Crippen LogP contribution in [-0.2, 0) is 0 Å². The van der Waals surface area contributed by atoms with Crippen molar-refractivity contribution in [1.82, 2.24) is 0 Å². The van der Waals surface area contributed by atoms with Crippen molar-refractivity contribution in [1.29, 1.82) is 0 Å². The average molecular weight is 406 g/mol. The smallest absolute Gasteiger partial charge is 0.124 e. The first kappa shape index (κ1) is 19.2. The fourth-order valence-corrected chi connectivity index (χ4v) is 4.28. The second kappa shape index (κ2) is 7.78. The lowest BCUT2D eigenvalue weighted by atomic mass is 9.86. The molecule has 0 aliphatic rings. The summed E-state index contributed by atoms with van der Waals surface area (Å²) < 4.78 is 5.25. The summed E-state index contributed by atoms with van der Waals surface area (Å²) in [5.41, 5.74) is 3.08. The minimum Gasteiger partial charge on any atom is -0.507 e. The van der Waals surface area contributed by atoms with Gasteiger partial charge in [0, 0.05) is 5.56 Å². The molecule has 3 nitrogen and oxygen atoms in total. The summed E-state index contributed by atoms with van der Waals surface area (Å²) in [5.74, 6) is 0.930. The maximum absolute atomic E-state index is 11.4. The van der Waals surface area contributed by atoms with E-state index in [1.54, 1.807) is 13.2 Å². The molecule has 0 fully saturated rings. The third-order valence-electron chi connectivity index (χ3n) is 5.84. The second-order valence-corrected chi connectivity index (χ2v) is 7.61. The zero-order valence-corrected chi connectivity index (χ0v) is 17.1. The Kier molecular flexibility index (Phi) is 4.81. The molecule has 31 heavy (non-hydrogen) atoms. The average Bonchev–Trinajstić information content (AvgIpc) is 2.83. The van der Waals surface area contributed by atoms with Crippen LogP contribution in [0.15, 0.2) is 97.1 Å².